The van der Waals surface area contributed by atoms with Crippen LogP contribution in [0.25, 0.3) is 32.8 Å². The van der Waals surface area contributed by atoms with E-state index < -0.39 is 8.07 Å². The fraction of sp³-hybridized carbons (Fsp3) is 0.240. The summed E-state index contributed by atoms with van der Waals surface area (Å²) in [4.78, 5) is 2.85. The van der Waals surface area contributed by atoms with Crippen molar-refractivity contribution >= 4 is 46.6 Å². The number of aryl methyl sites for hydroxylation is 3. The molecule has 28 heavy (non-hydrogen) atoms. The maximum absolute atomic E-state index is 2.48. The molecule has 140 valence electrons. The Morgan fingerprint density at radius 2 is 1.57 bits per heavy atom. The van der Waals surface area contributed by atoms with Gasteiger partial charge >= 0.3 is 0 Å². The Morgan fingerprint density at radius 3 is 2.25 bits per heavy atom. The van der Waals surface area contributed by atoms with Gasteiger partial charge in [0.15, 0.2) is 6.20 Å². The molecule has 0 spiro atoms. The molecular formula is C25H26NSSi+. The minimum absolute atomic E-state index is 1.37. The molecule has 2 heterocycles. The highest BCUT2D eigenvalue weighted by Gasteiger charge is 2.32. The highest BCUT2D eigenvalue weighted by molar-refractivity contribution is 8.00. The van der Waals surface area contributed by atoms with Crippen molar-refractivity contribution in [1.82, 2.24) is 0 Å². The first kappa shape index (κ1) is 18.0. The van der Waals surface area contributed by atoms with Crippen molar-refractivity contribution in [1.29, 1.82) is 0 Å². The lowest BCUT2D eigenvalue weighted by molar-refractivity contribution is -0.659. The van der Waals surface area contributed by atoms with Crippen molar-refractivity contribution in [2.45, 2.75) is 43.3 Å². The zero-order chi connectivity index (χ0) is 19.8. The van der Waals surface area contributed by atoms with Crippen molar-refractivity contribution in [3.63, 3.8) is 0 Å². The van der Waals surface area contributed by atoms with Gasteiger partial charge in [-0.3, -0.25) is 0 Å². The van der Waals surface area contributed by atoms with Gasteiger partial charge in [-0.2, -0.15) is 0 Å². The van der Waals surface area contributed by atoms with Crippen molar-refractivity contribution in [3.05, 3.63) is 59.8 Å². The molecule has 1 aromatic heterocycles. The number of pyridine rings is 1. The molecule has 4 aromatic rings. The Bertz CT molecular complexity index is 1300. The van der Waals surface area contributed by atoms with Crippen LogP contribution in [0.15, 0.2) is 58.5 Å². The number of benzene rings is 3. The molecule has 0 radical (unpaired) electrons. The number of aromatic nitrogens is 1. The van der Waals surface area contributed by atoms with Gasteiger partial charge in [-0.05, 0) is 47.2 Å². The third kappa shape index (κ3) is 2.42. The van der Waals surface area contributed by atoms with Crippen molar-refractivity contribution in [2.24, 2.45) is 7.05 Å². The lowest BCUT2D eigenvalue weighted by atomic mass is 9.91. The second-order valence-corrected chi connectivity index (χ2v) is 15.2. The van der Waals surface area contributed by atoms with E-state index >= 15 is 0 Å². The average molecular weight is 401 g/mol. The molecule has 0 saturated carbocycles. The van der Waals surface area contributed by atoms with E-state index in [1.807, 2.05) is 11.8 Å². The molecule has 1 nitrogen and oxygen atoms in total. The maximum Gasteiger partial charge on any atom is 0.222 e. The van der Waals surface area contributed by atoms with Crippen molar-refractivity contribution in [3.8, 4) is 11.3 Å². The number of rotatable bonds is 1. The minimum atomic E-state index is -1.39. The molecular weight excluding hydrogens is 374 g/mol. The summed E-state index contributed by atoms with van der Waals surface area (Å²) in [5, 5.41) is 7.10. The summed E-state index contributed by atoms with van der Waals surface area (Å²) in [5.74, 6) is 0. The fourth-order valence-electron chi connectivity index (χ4n) is 4.55. The highest BCUT2D eigenvalue weighted by Crippen LogP contribution is 2.50. The summed E-state index contributed by atoms with van der Waals surface area (Å²) >= 11 is 1.98. The Hall–Kier alpha value is -2.10. The molecule has 1 aliphatic heterocycles. The third-order valence-corrected chi connectivity index (χ3v) is 9.47. The standard InChI is InChI=1S/C25H26NSSi/c1-15-19-9-7-8-10-20(19)16(2)25-22(15)24-23-17(11-12-26(24)3)13-18(28(4,5)6)14-21(23)27-25/h7-14H,1-6H3/q+1. The van der Waals surface area contributed by atoms with E-state index in [1.165, 1.54) is 53.7 Å². The van der Waals surface area contributed by atoms with E-state index in [0.29, 0.717) is 0 Å². The van der Waals surface area contributed by atoms with Gasteiger partial charge in [0.1, 0.15) is 7.05 Å². The van der Waals surface area contributed by atoms with Crippen molar-refractivity contribution in [2.75, 3.05) is 0 Å². The third-order valence-electron chi connectivity index (χ3n) is 6.19. The Balaban J connectivity index is 1.97. The van der Waals surface area contributed by atoms with Crippen LogP contribution in [0.5, 0.6) is 0 Å². The Labute approximate surface area is 172 Å². The van der Waals surface area contributed by atoms with E-state index in [9.17, 15) is 0 Å². The molecule has 3 aromatic carbocycles. The normalized spacial score (nSPS) is 13.2. The molecule has 0 fully saturated rings. The van der Waals surface area contributed by atoms with E-state index in [4.69, 9.17) is 0 Å². The summed E-state index contributed by atoms with van der Waals surface area (Å²) < 4.78 is 2.32. The van der Waals surface area contributed by atoms with Crippen LogP contribution in [0.1, 0.15) is 11.1 Å². The molecule has 0 bridgehead atoms. The summed E-state index contributed by atoms with van der Waals surface area (Å²) in [7, 11) is 0.804. The zero-order valence-electron chi connectivity index (χ0n) is 17.5. The molecule has 5 rings (SSSR count). The Kier molecular flexibility index (Phi) is 3.81. The molecule has 0 N–H and O–H groups in total. The van der Waals surface area contributed by atoms with Gasteiger partial charge in [0.2, 0.25) is 5.69 Å². The lowest BCUT2D eigenvalue weighted by Crippen LogP contribution is -2.38. The van der Waals surface area contributed by atoms with Gasteiger partial charge in [-0.15, -0.1) is 0 Å². The first-order valence-electron chi connectivity index (χ1n) is 9.94. The van der Waals surface area contributed by atoms with Gasteiger partial charge in [-0.25, -0.2) is 4.57 Å². The topological polar surface area (TPSA) is 3.88 Å². The first-order valence-corrected chi connectivity index (χ1v) is 14.3. The quantitative estimate of drug-likeness (QED) is 0.242. The second kappa shape index (κ2) is 5.95. The largest absolute Gasteiger partial charge is 0.222 e. The van der Waals surface area contributed by atoms with Crippen LogP contribution in [0.2, 0.25) is 19.6 Å². The predicted molar refractivity (Wildman–Crippen MR) is 125 cm³/mol. The minimum Gasteiger partial charge on any atom is -0.200 e. The highest BCUT2D eigenvalue weighted by atomic mass is 32.2. The summed E-state index contributed by atoms with van der Waals surface area (Å²) in [6.07, 6.45) is 2.24. The van der Waals surface area contributed by atoms with Crippen LogP contribution in [0.3, 0.4) is 0 Å². The number of hydrogen-bond donors (Lipinski definition) is 0. The summed E-state index contributed by atoms with van der Waals surface area (Å²) in [6.45, 7) is 11.9. The van der Waals surface area contributed by atoms with Crippen molar-refractivity contribution < 1.29 is 4.57 Å². The van der Waals surface area contributed by atoms with E-state index in [2.05, 4.69) is 93.8 Å². The van der Waals surface area contributed by atoms with Crippen LogP contribution in [0.4, 0.5) is 0 Å². The molecule has 0 aliphatic carbocycles. The second-order valence-electron chi connectivity index (χ2n) is 9.07. The van der Waals surface area contributed by atoms with Gasteiger partial charge in [-0.1, -0.05) is 66.9 Å². The molecule has 0 saturated heterocycles. The zero-order valence-corrected chi connectivity index (χ0v) is 19.3. The van der Waals surface area contributed by atoms with Crippen LogP contribution >= 0.6 is 11.8 Å². The molecule has 3 heteroatoms. The predicted octanol–water partition coefficient (Wildman–Crippen LogP) is 6.11. The van der Waals surface area contributed by atoms with Gasteiger partial charge in [0.25, 0.3) is 0 Å². The molecule has 0 amide bonds. The number of hydrogen-bond acceptors (Lipinski definition) is 1. The first-order chi connectivity index (χ1) is 13.3. The number of fused-ring (bicyclic) bond motifs is 3. The van der Waals surface area contributed by atoms with Crippen LogP contribution in [-0.4, -0.2) is 8.07 Å². The average Bonchev–Trinajstić information content (AvgIpc) is 2.67. The monoisotopic (exact) mass is 400 g/mol. The van der Waals surface area contributed by atoms with Gasteiger partial charge in [0, 0.05) is 15.9 Å². The SMILES string of the molecule is Cc1c2c(c(C)c3ccccc13)-c1c3c(cc([Si](C)(C)C)cc3cc[n+]1C)S2. The lowest BCUT2D eigenvalue weighted by Gasteiger charge is -2.25. The smallest absolute Gasteiger partial charge is 0.200 e. The van der Waals surface area contributed by atoms with E-state index in [0.717, 1.165) is 0 Å². The maximum atomic E-state index is 2.48. The van der Waals surface area contributed by atoms with E-state index in [-0.39, 0.29) is 0 Å². The van der Waals surface area contributed by atoms with Crippen LogP contribution < -0.4 is 9.75 Å². The number of nitrogens with zero attached hydrogens (tertiary/aromatic N) is 1. The summed E-state index contributed by atoms with van der Waals surface area (Å²) in [6, 6.07) is 16.1. The van der Waals surface area contributed by atoms with Gasteiger partial charge < -0.3 is 0 Å². The van der Waals surface area contributed by atoms with E-state index in [1.54, 1.807) is 5.19 Å². The van der Waals surface area contributed by atoms with Gasteiger partial charge in [0.05, 0.1) is 19.0 Å². The molecule has 0 unspecified atom stereocenters. The van der Waals surface area contributed by atoms with Crippen LogP contribution in [-0.2, 0) is 7.05 Å². The van der Waals surface area contributed by atoms with Crippen LogP contribution in [0, 0.1) is 13.8 Å². The molecule has 0 atom stereocenters. The molecule has 1 aliphatic rings. The summed E-state index contributed by atoms with van der Waals surface area (Å²) in [5.41, 5.74) is 5.59. The fourth-order valence-corrected chi connectivity index (χ4v) is 7.16. The Morgan fingerprint density at radius 1 is 0.893 bits per heavy atom.